The zero-order chi connectivity index (χ0) is 20.5. The van der Waals surface area contributed by atoms with Gasteiger partial charge in [0, 0.05) is 13.0 Å². The fourth-order valence-corrected chi connectivity index (χ4v) is 1.76. The Morgan fingerprint density at radius 3 is 1.96 bits per heavy atom. The van der Waals surface area contributed by atoms with Crippen LogP contribution in [-0.2, 0) is 23.9 Å². The van der Waals surface area contributed by atoms with Gasteiger partial charge in [0.05, 0.1) is 6.42 Å². The molecule has 0 aromatic heterocycles. The van der Waals surface area contributed by atoms with Crippen molar-refractivity contribution in [1.29, 1.82) is 0 Å². The second kappa shape index (κ2) is 9.98. The third-order valence-electron chi connectivity index (χ3n) is 2.68. The number of aliphatic carboxylic acids is 1. The molecule has 0 bridgehead atoms. The second-order valence-corrected chi connectivity index (χ2v) is 7.78. The van der Waals surface area contributed by atoms with Gasteiger partial charge in [0.1, 0.15) is 17.2 Å². The van der Waals surface area contributed by atoms with Crippen molar-refractivity contribution in [2.75, 3.05) is 6.54 Å². The van der Waals surface area contributed by atoms with E-state index in [-0.39, 0.29) is 18.9 Å². The van der Waals surface area contributed by atoms with Crippen LogP contribution in [0.3, 0.4) is 0 Å². The number of hydrogen-bond donors (Lipinski definition) is 3. The lowest BCUT2D eigenvalue weighted by molar-refractivity contribution is -0.155. The maximum Gasteiger partial charge on any atom is 0.408 e. The van der Waals surface area contributed by atoms with E-state index in [0.29, 0.717) is 6.42 Å². The molecular formula is C17H30N2O7. The molecule has 0 heterocycles. The molecule has 3 N–H and O–H groups in total. The Balaban J connectivity index is 4.26. The fourth-order valence-electron chi connectivity index (χ4n) is 1.76. The molecular weight excluding hydrogens is 344 g/mol. The van der Waals surface area contributed by atoms with Gasteiger partial charge in [-0.1, -0.05) is 0 Å². The number of amides is 2. The predicted molar refractivity (Wildman–Crippen MR) is 93.5 cm³/mol. The molecule has 0 aliphatic carbocycles. The number of carbonyl (C=O) groups is 4. The van der Waals surface area contributed by atoms with Crippen LogP contribution in [0.5, 0.6) is 0 Å². The van der Waals surface area contributed by atoms with Crippen molar-refractivity contribution < 1.29 is 33.8 Å². The summed E-state index contributed by atoms with van der Waals surface area (Å²) in [6, 6.07) is -1.41. The lowest BCUT2D eigenvalue weighted by atomic mass is 10.2. The summed E-state index contributed by atoms with van der Waals surface area (Å²) in [5, 5.41) is 13.8. The van der Waals surface area contributed by atoms with Crippen LogP contribution in [0.15, 0.2) is 0 Å². The van der Waals surface area contributed by atoms with E-state index in [1.54, 1.807) is 41.5 Å². The van der Waals surface area contributed by atoms with E-state index in [0.717, 1.165) is 0 Å². The maximum atomic E-state index is 11.8. The number of alkyl carbamates (subject to hydrolysis) is 1. The molecule has 26 heavy (non-hydrogen) atoms. The lowest BCUT2D eigenvalue weighted by Gasteiger charge is -2.21. The molecule has 0 spiro atoms. The van der Waals surface area contributed by atoms with Gasteiger partial charge >= 0.3 is 18.0 Å². The van der Waals surface area contributed by atoms with E-state index in [9.17, 15) is 19.2 Å². The Kier molecular flexibility index (Phi) is 9.09. The van der Waals surface area contributed by atoms with Crippen molar-refractivity contribution in [3.8, 4) is 0 Å². The number of nitrogens with one attached hydrogen (secondary N) is 2. The predicted octanol–water partition coefficient (Wildman–Crippen LogP) is 1.59. The minimum Gasteiger partial charge on any atom is -0.480 e. The van der Waals surface area contributed by atoms with Gasteiger partial charge in [0.15, 0.2) is 0 Å². The molecule has 150 valence electrons. The Bertz CT molecular complexity index is 518. The van der Waals surface area contributed by atoms with Crippen molar-refractivity contribution in [3.05, 3.63) is 0 Å². The van der Waals surface area contributed by atoms with Gasteiger partial charge in [-0.2, -0.15) is 0 Å². The molecule has 0 rings (SSSR count). The van der Waals surface area contributed by atoms with Crippen molar-refractivity contribution in [2.24, 2.45) is 0 Å². The van der Waals surface area contributed by atoms with Crippen LogP contribution in [0.2, 0.25) is 0 Å². The van der Waals surface area contributed by atoms with Crippen LogP contribution >= 0.6 is 0 Å². The van der Waals surface area contributed by atoms with E-state index in [1.165, 1.54) is 0 Å². The van der Waals surface area contributed by atoms with Crippen LogP contribution in [0, 0.1) is 0 Å². The molecule has 0 aromatic rings. The van der Waals surface area contributed by atoms with E-state index < -0.39 is 41.6 Å². The summed E-state index contributed by atoms with van der Waals surface area (Å²) in [5.41, 5.74) is -1.35. The molecule has 0 unspecified atom stereocenters. The molecule has 0 saturated carbocycles. The van der Waals surface area contributed by atoms with E-state index in [1.807, 2.05) is 0 Å². The first kappa shape index (κ1) is 23.7. The van der Waals surface area contributed by atoms with Gasteiger partial charge in [0.25, 0.3) is 0 Å². The third kappa shape index (κ3) is 13.0. The summed E-state index contributed by atoms with van der Waals surface area (Å²) in [6.45, 7) is 10.4. The molecule has 9 nitrogen and oxygen atoms in total. The molecule has 0 fully saturated rings. The van der Waals surface area contributed by atoms with Crippen molar-refractivity contribution >= 4 is 23.9 Å². The Hall–Kier alpha value is -2.32. The zero-order valence-electron chi connectivity index (χ0n) is 16.3. The SMILES string of the molecule is CC(C)(C)OC(=O)CCCNC(=O)C[C@H](NC(=O)OC(C)(C)C)C(=O)O. The summed E-state index contributed by atoms with van der Waals surface area (Å²) < 4.78 is 10.1. The van der Waals surface area contributed by atoms with Gasteiger partial charge in [-0.05, 0) is 48.0 Å². The van der Waals surface area contributed by atoms with Crippen LogP contribution in [0.4, 0.5) is 4.79 Å². The highest BCUT2D eigenvalue weighted by molar-refractivity contribution is 5.87. The summed E-state index contributed by atoms with van der Waals surface area (Å²) >= 11 is 0. The number of carboxylic acids is 1. The van der Waals surface area contributed by atoms with E-state index in [4.69, 9.17) is 14.6 Å². The maximum absolute atomic E-state index is 11.8. The lowest BCUT2D eigenvalue weighted by Crippen LogP contribution is -2.46. The van der Waals surface area contributed by atoms with Crippen molar-refractivity contribution in [3.63, 3.8) is 0 Å². The summed E-state index contributed by atoms with van der Waals surface area (Å²) in [4.78, 5) is 46.1. The van der Waals surface area contributed by atoms with Gasteiger partial charge in [-0.15, -0.1) is 0 Å². The highest BCUT2D eigenvalue weighted by Gasteiger charge is 2.26. The van der Waals surface area contributed by atoms with Crippen LogP contribution < -0.4 is 10.6 Å². The molecule has 0 aliphatic heterocycles. The average molecular weight is 374 g/mol. The Morgan fingerprint density at radius 1 is 0.962 bits per heavy atom. The zero-order valence-corrected chi connectivity index (χ0v) is 16.3. The minimum absolute atomic E-state index is 0.135. The van der Waals surface area contributed by atoms with E-state index in [2.05, 4.69) is 10.6 Å². The average Bonchev–Trinajstić information content (AvgIpc) is 2.38. The molecule has 0 saturated heterocycles. The van der Waals surface area contributed by atoms with Gasteiger partial charge < -0.3 is 25.2 Å². The number of esters is 1. The number of carboxylic acid groups (broad SMARTS) is 1. The molecule has 1 atom stereocenters. The molecule has 9 heteroatoms. The summed E-state index contributed by atoms with van der Waals surface area (Å²) in [6.07, 6.45) is -0.864. The van der Waals surface area contributed by atoms with Gasteiger partial charge in [-0.25, -0.2) is 9.59 Å². The third-order valence-corrected chi connectivity index (χ3v) is 2.68. The second-order valence-electron chi connectivity index (χ2n) is 7.78. The monoisotopic (exact) mass is 374 g/mol. The first-order valence-corrected chi connectivity index (χ1v) is 8.40. The number of rotatable bonds is 8. The van der Waals surface area contributed by atoms with E-state index >= 15 is 0 Å². The number of carbonyl (C=O) groups excluding carboxylic acids is 3. The summed E-state index contributed by atoms with van der Waals surface area (Å²) in [5.74, 6) is -2.28. The first-order chi connectivity index (χ1) is 11.7. The summed E-state index contributed by atoms with van der Waals surface area (Å²) in [7, 11) is 0. The standard InChI is InChI=1S/C17H30N2O7/c1-16(2,3)25-13(21)8-7-9-18-12(20)10-11(14(22)23)19-15(24)26-17(4,5)6/h11H,7-10H2,1-6H3,(H,18,20)(H,19,24)(H,22,23)/t11-/m0/s1. The van der Waals surface area contributed by atoms with Crippen LogP contribution in [-0.4, -0.2) is 52.8 Å². The van der Waals surface area contributed by atoms with Gasteiger partial charge in [0.2, 0.25) is 5.91 Å². The molecule has 0 aromatic carbocycles. The van der Waals surface area contributed by atoms with Gasteiger partial charge in [-0.3, -0.25) is 9.59 Å². The Labute approximate surface area is 153 Å². The fraction of sp³-hybridized carbons (Fsp3) is 0.765. The number of ether oxygens (including phenoxy) is 2. The number of hydrogen-bond acceptors (Lipinski definition) is 6. The van der Waals surface area contributed by atoms with Crippen LogP contribution in [0.1, 0.15) is 60.8 Å². The van der Waals surface area contributed by atoms with Crippen molar-refractivity contribution in [2.45, 2.75) is 78.0 Å². The highest BCUT2D eigenvalue weighted by Crippen LogP contribution is 2.09. The molecule has 0 aliphatic rings. The smallest absolute Gasteiger partial charge is 0.408 e. The first-order valence-electron chi connectivity index (χ1n) is 8.40. The topological polar surface area (TPSA) is 131 Å². The largest absolute Gasteiger partial charge is 0.480 e. The highest BCUT2D eigenvalue weighted by atomic mass is 16.6. The molecule has 0 radical (unpaired) electrons. The Morgan fingerprint density at radius 2 is 1.50 bits per heavy atom. The molecule has 2 amide bonds. The van der Waals surface area contributed by atoms with Crippen LogP contribution in [0.25, 0.3) is 0 Å². The quantitative estimate of drug-likeness (QED) is 0.434. The van der Waals surface area contributed by atoms with Crippen molar-refractivity contribution in [1.82, 2.24) is 10.6 Å². The minimum atomic E-state index is -1.41. The normalized spacial score (nSPS) is 12.7.